The maximum Gasteiger partial charge on any atom is 0.166 e. The van der Waals surface area contributed by atoms with Crippen LogP contribution in [0.3, 0.4) is 0 Å². The average molecular weight is 268 g/mol. The van der Waals surface area contributed by atoms with Gasteiger partial charge in [-0.1, -0.05) is 6.07 Å². The van der Waals surface area contributed by atoms with Gasteiger partial charge in [-0.3, -0.25) is 0 Å². The van der Waals surface area contributed by atoms with E-state index in [0.717, 1.165) is 24.0 Å². The Bertz CT molecular complexity index is 378. The van der Waals surface area contributed by atoms with Crippen LogP contribution in [0.1, 0.15) is 18.1 Å². The van der Waals surface area contributed by atoms with E-state index >= 15 is 0 Å². The molecule has 0 atom stereocenters. The first-order valence-corrected chi connectivity index (χ1v) is 7.24. The van der Waals surface area contributed by atoms with Gasteiger partial charge in [0.15, 0.2) is 5.11 Å². The van der Waals surface area contributed by atoms with E-state index in [2.05, 4.69) is 42.7 Å². The van der Waals surface area contributed by atoms with Gasteiger partial charge in [0.2, 0.25) is 0 Å². The van der Waals surface area contributed by atoms with Crippen LogP contribution in [0.5, 0.6) is 0 Å². The van der Waals surface area contributed by atoms with Crippen LogP contribution in [0.2, 0.25) is 0 Å². The van der Waals surface area contributed by atoms with Crippen molar-refractivity contribution >= 4 is 29.1 Å². The molecule has 2 nitrogen and oxygen atoms in total. The quantitative estimate of drug-likeness (QED) is 0.487. The van der Waals surface area contributed by atoms with Gasteiger partial charge in [0.05, 0.1) is 0 Å². The minimum absolute atomic E-state index is 0.744. The highest BCUT2D eigenvalue weighted by Gasteiger charge is 1.98. The highest BCUT2D eigenvalue weighted by Crippen LogP contribution is 2.20. The number of hydrogen-bond donors (Lipinski definition) is 2. The summed E-state index contributed by atoms with van der Waals surface area (Å²) >= 11 is 6.94. The lowest BCUT2D eigenvalue weighted by Gasteiger charge is -2.09. The molecule has 0 unspecified atom stereocenters. The Balaban J connectivity index is 2.26. The van der Waals surface area contributed by atoms with E-state index in [4.69, 9.17) is 12.2 Å². The lowest BCUT2D eigenvalue weighted by molar-refractivity contribution is 0.887. The summed E-state index contributed by atoms with van der Waals surface area (Å²) in [6, 6.07) is 6.59. The molecule has 0 heterocycles. The predicted molar refractivity (Wildman–Crippen MR) is 80.9 cm³/mol. The van der Waals surface area contributed by atoms with Gasteiger partial charge in [-0.25, -0.2) is 0 Å². The van der Waals surface area contributed by atoms with E-state index in [-0.39, 0.29) is 0 Å². The molecule has 0 saturated heterocycles. The van der Waals surface area contributed by atoms with Gasteiger partial charge in [0, 0.05) is 23.7 Å². The van der Waals surface area contributed by atoms with Crippen LogP contribution in [0.4, 0.5) is 0 Å². The van der Waals surface area contributed by atoms with Gasteiger partial charge in [-0.05, 0) is 56.2 Å². The maximum absolute atomic E-state index is 5.09. The topological polar surface area (TPSA) is 24.1 Å². The van der Waals surface area contributed by atoms with Gasteiger partial charge in [0.1, 0.15) is 0 Å². The fraction of sp³-hybridized carbons (Fsp3) is 0.462. The van der Waals surface area contributed by atoms with Gasteiger partial charge >= 0.3 is 0 Å². The molecular weight excluding hydrogens is 248 g/mol. The summed E-state index contributed by atoms with van der Waals surface area (Å²) in [5.41, 5.74) is 2.70. The molecular formula is C13H20N2S2. The highest BCUT2D eigenvalue weighted by molar-refractivity contribution is 7.99. The number of benzene rings is 1. The Hall–Kier alpha value is -0.740. The second kappa shape index (κ2) is 7.56. The van der Waals surface area contributed by atoms with E-state index in [9.17, 15) is 0 Å². The number of thioether (sulfide) groups is 1. The smallest absolute Gasteiger partial charge is 0.166 e. The molecule has 94 valence electrons. The normalized spacial score (nSPS) is 10.1. The first-order valence-electron chi connectivity index (χ1n) is 5.85. The van der Waals surface area contributed by atoms with Gasteiger partial charge in [-0.2, -0.15) is 0 Å². The van der Waals surface area contributed by atoms with Crippen LogP contribution < -0.4 is 10.6 Å². The second-order valence-corrected chi connectivity index (χ2v) is 5.46. The first kappa shape index (κ1) is 14.3. The van der Waals surface area contributed by atoms with Crippen LogP contribution in [0, 0.1) is 13.8 Å². The summed E-state index contributed by atoms with van der Waals surface area (Å²) in [7, 11) is 0. The van der Waals surface area contributed by atoms with Crippen molar-refractivity contribution in [3.05, 3.63) is 29.3 Å². The van der Waals surface area contributed by atoms with Crippen LogP contribution in [-0.4, -0.2) is 24.0 Å². The summed E-state index contributed by atoms with van der Waals surface area (Å²) in [6.07, 6.45) is 0. The standard InChI is InChI=1S/C13H20N2S2/c1-4-14-13(16)15-7-8-17-12-6-5-10(2)11(3)9-12/h5-6,9H,4,7-8H2,1-3H3,(H2,14,15,16). The third kappa shape index (κ3) is 5.41. The zero-order valence-electron chi connectivity index (χ0n) is 10.7. The largest absolute Gasteiger partial charge is 0.363 e. The van der Waals surface area contributed by atoms with Crippen molar-refractivity contribution in [3.63, 3.8) is 0 Å². The minimum atomic E-state index is 0.744. The molecule has 1 aromatic rings. The second-order valence-electron chi connectivity index (χ2n) is 3.88. The van der Waals surface area contributed by atoms with E-state index in [1.807, 2.05) is 18.7 Å². The molecule has 17 heavy (non-hydrogen) atoms. The third-order valence-corrected chi connectivity index (χ3v) is 3.76. The molecule has 0 amide bonds. The van der Waals surface area contributed by atoms with Crippen LogP contribution >= 0.6 is 24.0 Å². The number of rotatable bonds is 5. The molecule has 0 spiro atoms. The summed E-state index contributed by atoms with van der Waals surface area (Å²) in [4.78, 5) is 1.32. The SMILES string of the molecule is CCNC(=S)NCCSc1ccc(C)c(C)c1. The molecule has 1 aromatic carbocycles. The fourth-order valence-corrected chi connectivity index (χ4v) is 2.47. The lowest BCUT2D eigenvalue weighted by Crippen LogP contribution is -2.36. The summed E-state index contributed by atoms with van der Waals surface area (Å²) in [6.45, 7) is 8.09. The first-order chi connectivity index (χ1) is 8.13. The number of aryl methyl sites for hydroxylation is 2. The molecule has 0 aliphatic carbocycles. The fourth-order valence-electron chi connectivity index (χ4n) is 1.36. The Kier molecular flexibility index (Phi) is 6.37. The third-order valence-electron chi connectivity index (χ3n) is 2.47. The number of thiocarbonyl (C=S) groups is 1. The van der Waals surface area contributed by atoms with Crippen LogP contribution in [-0.2, 0) is 0 Å². The molecule has 0 fully saturated rings. The van der Waals surface area contributed by atoms with Gasteiger partial charge < -0.3 is 10.6 Å². The average Bonchev–Trinajstić information content (AvgIpc) is 2.29. The van der Waals surface area contributed by atoms with Gasteiger partial charge in [-0.15, -0.1) is 11.8 Å². The number of nitrogens with one attached hydrogen (secondary N) is 2. The Morgan fingerprint density at radius 3 is 2.65 bits per heavy atom. The van der Waals surface area contributed by atoms with Crippen molar-refractivity contribution in [3.8, 4) is 0 Å². The highest BCUT2D eigenvalue weighted by atomic mass is 32.2. The Labute approximate surface area is 114 Å². The molecule has 0 aromatic heterocycles. The minimum Gasteiger partial charge on any atom is -0.363 e. The maximum atomic E-state index is 5.09. The summed E-state index contributed by atoms with van der Waals surface area (Å²) < 4.78 is 0. The molecule has 1 rings (SSSR count). The van der Waals surface area contributed by atoms with E-state index in [1.54, 1.807) is 0 Å². The Morgan fingerprint density at radius 2 is 2.00 bits per heavy atom. The summed E-state index contributed by atoms with van der Waals surface area (Å²) in [5, 5.41) is 6.99. The monoisotopic (exact) mass is 268 g/mol. The van der Waals surface area contributed by atoms with Crippen molar-refractivity contribution in [2.75, 3.05) is 18.8 Å². The molecule has 0 aliphatic heterocycles. The zero-order chi connectivity index (χ0) is 12.7. The molecule has 0 saturated carbocycles. The van der Waals surface area contributed by atoms with Gasteiger partial charge in [0.25, 0.3) is 0 Å². The van der Waals surface area contributed by atoms with E-state index < -0.39 is 0 Å². The van der Waals surface area contributed by atoms with E-state index in [0.29, 0.717) is 0 Å². The van der Waals surface area contributed by atoms with Crippen molar-refractivity contribution in [2.45, 2.75) is 25.7 Å². The van der Waals surface area contributed by atoms with Crippen LogP contribution in [0.25, 0.3) is 0 Å². The van der Waals surface area contributed by atoms with Crippen LogP contribution in [0.15, 0.2) is 23.1 Å². The molecule has 0 bridgehead atoms. The van der Waals surface area contributed by atoms with Crippen molar-refractivity contribution in [1.82, 2.24) is 10.6 Å². The predicted octanol–water partition coefficient (Wildman–Crippen LogP) is 2.88. The molecule has 4 heteroatoms. The zero-order valence-corrected chi connectivity index (χ0v) is 12.3. The summed E-state index contributed by atoms with van der Waals surface area (Å²) in [5.74, 6) is 1.02. The van der Waals surface area contributed by atoms with Crippen molar-refractivity contribution in [1.29, 1.82) is 0 Å². The van der Waals surface area contributed by atoms with E-state index in [1.165, 1.54) is 16.0 Å². The van der Waals surface area contributed by atoms with Crippen molar-refractivity contribution < 1.29 is 0 Å². The lowest BCUT2D eigenvalue weighted by atomic mass is 10.1. The molecule has 0 radical (unpaired) electrons. The Morgan fingerprint density at radius 1 is 1.24 bits per heavy atom. The molecule has 2 N–H and O–H groups in total. The molecule has 0 aliphatic rings. The number of hydrogen-bond acceptors (Lipinski definition) is 2. The van der Waals surface area contributed by atoms with Crippen molar-refractivity contribution in [2.24, 2.45) is 0 Å².